The van der Waals surface area contributed by atoms with Gasteiger partial charge in [-0.3, -0.25) is 9.97 Å². The van der Waals surface area contributed by atoms with Gasteiger partial charge in [0.15, 0.2) is 0 Å². The second kappa shape index (κ2) is 17.5. The van der Waals surface area contributed by atoms with E-state index in [9.17, 15) is 10.2 Å². The standard InChI is InChI=1S/C52H46N4O2/c1-37-11-9-17-47(31-37)55(43-13-5-3-6-14-43)45-23-19-41(20-24-45)51(57)35-39-27-29-53-49(33-39)50-34-40(28-30-54-50)36-52(58)42-21-25-46(26-22-42)56(44-15-7-4-8-16-44)48-18-10-12-38(2)32-48/h3-34,51-52,57-58H,35-36H2,1-2H3. The molecule has 6 aromatic carbocycles. The average Bonchev–Trinajstić information content (AvgIpc) is 3.25. The highest BCUT2D eigenvalue weighted by Gasteiger charge is 2.17. The Labute approximate surface area is 341 Å². The first kappa shape index (κ1) is 38.0. The van der Waals surface area contributed by atoms with E-state index in [4.69, 9.17) is 0 Å². The maximum atomic E-state index is 11.4. The van der Waals surface area contributed by atoms with Crippen LogP contribution in [0.5, 0.6) is 0 Å². The molecule has 8 rings (SSSR count). The predicted octanol–water partition coefficient (Wildman–Crippen LogP) is 12.3. The van der Waals surface area contributed by atoms with Crippen LogP contribution in [0.4, 0.5) is 34.1 Å². The Morgan fingerprint density at radius 2 is 0.759 bits per heavy atom. The van der Waals surface area contributed by atoms with Gasteiger partial charge in [0.25, 0.3) is 0 Å². The fraction of sp³-hybridized carbons (Fsp3) is 0.115. The molecule has 0 saturated heterocycles. The van der Waals surface area contributed by atoms with Gasteiger partial charge in [0.2, 0.25) is 0 Å². The van der Waals surface area contributed by atoms with E-state index in [0.717, 1.165) is 67.8 Å². The van der Waals surface area contributed by atoms with Crippen molar-refractivity contribution in [2.75, 3.05) is 9.80 Å². The number of para-hydroxylation sites is 2. The van der Waals surface area contributed by atoms with Crippen molar-refractivity contribution in [3.63, 3.8) is 0 Å². The Bertz CT molecular complexity index is 2400. The minimum absolute atomic E-state index is 0.426. The molecule has 2 N–H and O–H groups in total. The van der Waals surface area contributed by atoms with Crippen LogP contribution in [0, 0.1) is 13.8 Å². The zero-order valence-corrected chi connectivity index (χ0v) is 32.7. The first-order valence-electron chi connectivity index (χ1n) is 19.7. The molecule has 2 unspecified atom stereocenters. The van der Waals surface area contributed by atoms with Gasteiger partial charge in [-0.15, -0.1) is 0 Å². The second-order valence-electron chi connectivity index (χ2n) is 14.7. The number of hydrogen-bond donors (Lipinski definition) is 2. The number of benzene rings is 6. The fourth-order valence-corrected chi connectivity index (χ4v) is 7.44. The summed E-state index contributed by atoms with van der Waals surface area (Å²) in [5.41, 5.74) is 13.7. The van der Waals surface area contributed by atoms with Gasteiger partial charge in [0.05, 0.1) is 23.6 Å². The van der Waals surface area contributed by atoms with Crippen LogP contribution in [-0.2, 0) is 12.8 Å². The van der Waals surface area contributed by atoms with Gasteiger partial charge in [0.1, 0.15) is 0 Å². The summed E-state index contributed by atoms with van der Waals surface area (Å²) in [7, 11) is 0. The highest BCUT2D eigenvalue weighted by Crippen LogP contribution is 2.37. The summed E-state index contributed by atoms with van der Waals surface area (Å²) < 4.78 is 0. The molecule has 0 aliphatic rings. The van der Waals surface area contributed by atoms with Crippen LogP contribution < -0.4 is 9.80 Å². The van der Waals surface area contributed by atoms with E-state index in [2.05, 4.69) is 131 Å². The van der Waals surface area contributed by atoms with Gasteiger partial charge in [-0.25, -0.2) is 0 Å². The maximum absolute atomic E-state index is 11.4. The highest BCUT2D eigenvalue weighted by atomic mass is 16.3. The lowest BCUT2D eigenvalue weighted by atomic mass is 9.99. The van der Waals surface area contributed by atoms with Gasteiger partial charge < -0.3 is 20.0 Å². The van der Waals surface area contributed by atoms with Crippen molar-refractivity contribution in [3.8, 4) is 11.4 Å². The molecular weight excluding hydrogens is 713 g/mol. The number of aliphatic hydroxyl groups is 2. The van der Waals surface area contributed by atoms with Crippen molar-refractivity contribution >= 4 is 34.1 Å². The van der Waals surface area contributed by atoms with Crippen molar-refractivity contribution in [3.05, 3.63) is 228 Å². The predicted molar refractivity (Wildman–Crippen MR) is 237 cm³/mol. The fourth-order valence-electron chi connectivity index (χ4n) is 7.44. The molecular formula is C52H46N4O2. The minimum Gasteiger partial charge on any atom is -0.388 e. The number of aryl methyl sites for hydroxylation is 2. The van der Waals surface area contributed by atoms with Crippen molar-refractivity contribution in [1.29, 1.82) is 0 Å². The van der Waals surface area contributed by atoms with Crippen LogP contribution >= 0.6 is 0 Å². The summed E-state index contributed by atoms with van der Waals surface area (Å²) in [5, 5.41) is 22.8. The smallest absolute Gasteiger partial charge is 0.0888 e. The van der Waals surface area contributed by atoms with Gasteiger partial charge in [-0.1, -0.05) is 84.9 Å². The average molecular weight is 759 g/mol. The van der Waals surface area contributed by atoms with E-state index in [1.54, 1.807) is 12.4 Å². The monoisotopic (exact) mass is 758 g/mol. The summed E-state index contributed by atoms with van der Waals surface area (Å²) in [5.74, 6) is 0. The van der Waals surface area contributed by atoms with Crippen LogP contribution in [0.3, 0.4) is 0 Å². The van der Waals surface area contributed by atoms with Gasteiger partial charge in [0, 0.05) is 59.4 Å². The number of aliphatic hydroxyl groups excluding tert-OH is 2. The lowest BCUT2D eigenvalue weighted by molar-refractivity contribution is 0.178. The first-order chi connectivity index (χ1) is 28.4. The van der Waals surface area contributed by atoms with E-state index in [0.29, 0.717) is 12.8 Å². The third-order valence-corrected chi connectivity index (χ3v) is 10.4. The number of aromatic nitrogens is 2. The largest absolute Gasteiger partial charge is 0.388 e. The number of nitrogens with zero attached hydrogens (tertiary/aromatic N) is 4. The van der Waals surface area contributed by atoms with E-state index < -0.39 is 12.2 Å². The molecule has 6 nitrogen and oxygen atoms in total. The lowest BCUT2D eigenvalue weighted by Gasteiger charge is -2.26. The highest BCUT2D eigenvalue weighted by molar-refractivity contribution is 5.78. The number of rotatable bonds is 13. The third kappa shape index (κ3) is 8.90. The molecule has 0 saturated carbocycles. The topological polar surface area (TPSA) is 72.7 Å². The first-order valence-corrected chi connectivity index (χ1v) is 19.7. The lowest BCUT2D eigenvalue weighted by Crippen LogP contribution is -2.10. The molecule has 6 heteroatoms. The van der Waals surface area contributed by atoms with Crippen molar-refractivity contribution in [1.82, 2.24) is 9.97 Å². The second-order valence-corrected chi connectivity index (χ2v) is 14.7. The Morgan fingerprint density at radius 1 is 0.397 bits per heavy atom. The van der Waals surface area contributed by atoms with E-state index >= 15 is 0 Å². The zero-order chi connectivity index (χ0) is 39.8. The summed E-state index contributed by atoms with van der Waals surface area (Å²) in [6.07, 6.45) is 2.97. The van der Waals surface area contributed by atoms with Crippen LogP contribution in [-0.4, -0.2) is 20.2 Å². The van der Waals surface area contributed by atoms with Gasteiger partial charge in [-0.05, 0) is 144 Å². The molecule has 286 valence electrons. The molecule has 0 aliphatic carbocycles. The maximum Gasteiger partial charge on any atom is 0.0888 e. The summed E-state index contributed by atoms with van der Waals surface area (Å²) >= 11 is 0. The van der Waals surface area contributed by atoms with E-state index in [1.165, 1.54) is 11.1 Å². The van der Waals surface area contributed by atoms with Crippen LogP contribution in [0.2, 0.25) is 0 Å². The Morgan fingerprint density at radius 3 is 1.14 bits per heavy atom. The number of hydrogen-bond acceptors (Lipinski definition) is 6. The number of pyridine rings is 2. The van der Waals surface area contributed by atoms with E-state index in [-0.39, 0.29) is 0 Å². The molecule has 0 bridgehead atoms. The van der Waals surface area contributed by atoms with Crippen molar-refractivity contribution < 1.29 is 10.2 Å². The Kier molecular flexibility index (Phi) is 11.5. The summed E-state index contributed by atoms with van der Waals surface area (Å²) in [4.78, 5) is 13.7. The molecule has 2 atom stereocenters. The van der Waals surface area contributed by atoms with Crippen LogP contribution in [0.1, 0.15) is 45.6 Å². The molecule has 2 heterocycles. The molecule has 0 fully saturated rings. The third-order valence-electron chi connectivity index (χ3n) is 10.4. The van der Waals surface area contributed by atoms with Crippen LogP contribution in [0.25, 0.3) is 11.4 Å². The van der Waals surface area contributed by atoms with E-state index in [1.807, 2.05) is 84.9 Å². The molecule has 0 spiro atoms. The van der Waals surface area contributed by atoms with Crippen LogP contribution in [0.15, 0.2) is 194 Å². The number of anilines is 6. The molecule has 58 heavy (non-hydrogen) atoms. The van der Waals surface area contributed by atoms with Gasteiger partial charge in [-0.2, -0.15) is 0 Å². The molecule has 0 radical (unpaired) electrons. The Hall–Kier alpha value is -6.86. The van der Waals surface area contributed by atoms with Crippen molar-refractivity contribution in [2.24, 2.45) is 0 Å². The zero-order valence-electron chi connectivity index (χ0n) is 32.7. The molecule has 2 aromatic heterocycles. The van der Waals surface area contributed by atoms with Crippen molar-refractivity contribution in [2.45, 2.75) is 38.9 Å². The Balaban J connectivity index is 0.947. The quantitative estimate of drug-likeness (QED) is 0.122. The summed E-state index contributed by atoms with van der Waals surface area (Å²) in [6, 6.07) is 61.7. The minimum atomic E-state index is -0.703. The molecule has 8 aromatic rings. The SMILES string of the molecule is Cc1cccc(N(c2ccccc2)c2ccc(C(O)Cc3ccnc(-c4cc(CC(O)c5ccc(N(c6ccccc6)c6cccc(C)c6)cc5)ccn4)c3)cc2)c1. The van der Waals surface area contributed by atoms with Gasteiger partial charge >= 0.3 is 0 Å². The summed E-state index contributed by atoms with van der Waals surface area (Å²) in [6.45, 7) is 4.20. The molecule has 0 aliphatic heterocycles. The molecule has 0 amide bonds. The normalized spacial score (nSPS) is 12.1.